The van der Waals surface area contributed by atoms with Gasteiger partial charge in [0.1, 0.15) is 0 Å². The van der Waals surface area contributed by atoms with Gasteiger partial charge in [-0.1, -0.05) is 191 Å². The van der Waals surface area contributed by atoms with Gasteiger partial charge in [0, 0.05) is 0 Å². The van der Waals surface area contributed by atoms with Crippen LogP contribution >= 0.6 is 0 Å². The van der Waals surface area contributed by atoms with E-state index in [-0.39, 0.29) is 18.9 Å². The minimum Gasteiger partial charge on any atom is -0.394 e. The number of aliphatic hydroxyl groups is 3. The van der Waals surface area contributed by atoms with Gasteiger partial charge in [-0.15, -0.1) is 0 Å². The van der Waals surface area contributed by atoms with Crippen molar-refractivity contribution < 1.29 is 20.1 Å². The van der Waals surface area contributed by atoms with Crippen molar-refractivity contribution in [2.45, 2.75) is 231 Å². The van der Waals surface area contributed by atoms with Crippen LogP contribution in [0.15, 0.2) is 48.6 Å². The molecule has 298 valence electrons. The number of rotatable bonds is 39. The quantitative estimate of drug-likeness (QED) is 0.0377. The Morgan fingerprint density at radius 1 is 0.510 bits per heavy atom. The van der Waals surface area contributed by atoms with Gasteiger partial charge in [-0.05, 0) is 64.2 Å². The number of allylic oxidation sites excluding steroid dienone is 7. The predicted octanol–water partition coefficient (Wildman–Crippen LogP) is 12.5. The predicted molar refractivity (Wildman–Crippen MR) is 222 cm³/mol. The van der Waals surface area contributed by atoms with E-state index < -0.39 is 18.2 Å². The van der Waals surface area contributed by atoms with Gasteiger partial charge in [-0.3, -0.25) is 4.79 Å². The summed E-state index contributed by atoms with van der Waals surface area (Å²) in [4.78, 5) is 12.4. The Bertz CT molecular complexity index is 835. The highest BCUT2D eigenvalue weighted by atomic mass is 16.3. The van der Waals surface area contributed by atoms with Crippen molar-refractivity contribution in [1.82, 2.24) is 5.32 Å². The number of amides is 1. The third kappa shape index (κ3) is 37.9. The van der Waals surface area contributed by atoms with E-state index in [4.69, 9.17) is 0 Å². The molecule has 0 saturated carbocycles. The Balaban J connectivity index is 3.59. The molecule has 0 aliphatic rings. The molecule has 3 atom stereocenters. The van der Waals surface area contributed by atoms with E-state index in [0.29, 0.717) is 6.42 Å². The highest BCUT2D eigenvalue weighted by Gasteiger charge is 2.20. The molecule has 0 rings (SSSR count). The van der Waals surface area contributed by atoms with Crippen molar-refractivity contribution >= 4 is 5.91 Å². The summed E-state index contributed by atoms with van der Waals surface area (Å²) in [7, 11) is 0. The molecule has 4 N–H and O–H groups in total. The molecule has 0 aromatic rings. The summed E-state index contributed by atoms with van der Waals surface area (Å²) in [6.07, 6.45) is 52.7. The first-order chi connectivity index (χ1) is 25.0. The molecule has 0 aromatic carbocycles. The van der Waals surface area contributed by atoms with E-state index in [9.17, 15) is 20.1 Å². The highest BCUT2D eigenvalue weighted by Crippen LogP contribution is 2.15. The van der Waals surface area contributed by atoms with Crippen molar-refractivity contribution in [3.05, 3.63) is 48.6 Å². The second-order valence-corrected chi connectivity index (χ2v) is 14.9. The molecule has 0 spiro atoms. The average Bonchev–Trinajstić information content (AvgIpc) is 3.12. The third-order valence-electron chi connectivity index (χ3n) is 9.84. The molecule has 1 amide bonds. The zero-order chi connectivity index (χ0) is 37.3. The summed E-state index contributed by atoms with van der Waals surface area (Å²) in [5, 5.41) is 33.0. The molecule has 0 heterocycles. The fourth-order valence-corrected chi connectivity index (χ4v) is 6.44. The number of carbonyl (C=O) groups is 1. The molecule has 0 fully saturated rings. The lowest BCUT2D eigenvalue weighted by Crippen LogP contribution is -2.45. The molecule has 0 radical (unpaired) electrons. The maximum atomic E-state index is 12.4. The molecule has 0 aromatic heterocycles. The molecule has 5 nitrogen and oxygen atoms in total. The zero-order valence-corrected chi connectivity index (χ0v) is 33.7. The lowest BCUT2D eigenvalue weighted by atomic mass is 10.0. The summed E-state index contributed by atoms with van der Waals surface area (Å²) in [6.45, 7) is 4.14. The van der Waals surface area contributed by atoms with Crippen molar-refractivity contribution in [2.75, 3.05) is 6.61 Å². The van der Waals surface area contributed by atoms with Gasteiger partial charge in [0.2, 0.25) is 5.91 Å². The summed E-state index contributed by atoms with van der Waals surface area (Å²) < 4.78 is 0. The van der Waals surface area contributed by atoms with Crippen LogP contribution in [0.2, 0.25) is 0 Å². The van der Waals surface area contributed by atoms with Crippen LogP contribution in [0, 0.1) is 0 Å². The number of carbonyl (C=O) groups excluding carboxylic acids is 1. The SMILES string of the molecule is CCCCC/C=C/CC/C=C/C(O)C(CO)NC(=O)CC(O)CCCCCCCCCCCCC/C=C\C/C=C\CCCCCCCCCCC. The van der Waals surface area contributed by atoms with E-state index in [2.05, 4.69) is 55.6 Å². The van der Waals surface area contributed by atoms with Gasteiger partial charge >= 0.3 is 0 Å². The van der Waals surface area contributed by atoms with Crippen molar-refractivity contribution in [2.24, 2.45) is 0 Å². The van der Waals surface area contributed by atoms with Crippen molar-refractivity contribution in [3.63, 3.8) is 0 Å². The van der Waals surface area contributed by atoms with Crippen LogP contribution < -0.4 is 5.32 Å². The van der Waals surface area contributed by atoms with Crippen LogP contribution in [0.3, 0.4) is 0 Å². The van der Waals surface area contributed by atoms with Crippen molar-refractivity contribution in [3.8, 4) is 0 Å². The molecular formula is C46H85NO4. The second-order valence-electron chi connectivity index (χ2n) is 14.9. The molecular weight excluding hydrogens is 631 g/mol. The maximum absolute atomic E-state index is 12.4. The normalized spacial score (nSPS) is 14.1. The number of aliphatic hydroxyl groups excluding tert-OH is 3. The molecule has 0 saturated heterocycles. The Hall–Kier alpha value is -1.69. The Labute approximate surface area is 316 Å². The Morgan fingerprint density at radius 3 is 1.41 bits per heavy atom. The van der Waals surface area contributed by atoms with Crippen LogP contribution in [-0.4, -0.2) is 46.1 Å². The first kappa shape index (κ1) is 49.3. The van der Waals surface area contributed by atoms with Crippen molar-refractivity contribution in [1.29, 1.82) is 0 Å². The second kappa shape index (κ2) is 41.1. The average molecular weight is 716 g/mol. The van der Waals surface area contributed by atoms with Crippen LogP contribution in [0.25, 0.3) is 0 Å². The van der Waals surface area contributed by atoms with E-state index in [1.807, 2.05) is 6.08 Å². The van der Waals surface area contributed by atoms with Crippen LogP contribution in [0.1, 0.15) is 213 Å². The van der Waals surface area contributed by atoms with Gasteiger partial charge in [0.05, 0.1) is 31.3 Å². The number of hydrogen-bond donors (Lipinski definition) is 4. The molecule has 51 heavy (non-hydrogen) atoms. The van der Waals surface area contributed by atoms with E-state index >= 15 is 0 Å². The number of hydrogen-bond acceptors (Lipinski definition) is 4. The lowest BCUT2D eigenvalue weighted by Gasteiger charge is -2.21. The summed E-state index contributed by atoms with van der Waals surface area (Å²) in [6, 6.07) is -0.760. The van der Waals surface area contributed by atoms with Gasteiger partial charge in [-0.25, -0.2) is 0 Å². The Kier molecular flexibility index (Phi) is 39.7. The zero-order valence-electron chi connectivity index (χ0n) is 33.7. The first-order valence-electron chi connectivity index (χ1n) is 21.9. The smallest absolute Gasteiger partial charge is 0.222 e. The largest absolute Gasteiger partial charge is 0.394 e. The molecule has 0 bridgehead atoms. The first-order valence-corrected chi connectivity index (χ1v) is 21.9. The van der Waals surface area contributed by atoms with Crippen LogP contribution in [-0.2, 0) is 4.79 Å². The van der Waals surface area contributed by atoms with E-state index in [1.54, 1.807) is 6.08 Å². The standard InChI is InChI=1S/C46H85NO4/c1-3-5-7-9-11-13-14-15-16-17-18-19-20-21-22-23-24-25-26-27-28-29-30-32-33-35-37-39-43(49)41-46(51)47-44(42-48)45(50)40-38-36-34-31-12-10-8-6-4-2/h12,18-19,21-22,31,38,40,43-45,48-50H,3-11,13-17,20,23-30,32-37,39,41-42H2,1-2H3,(H,47,51)/b19-18-,22-21-,31-12+,40-38+. The third-order valence-corrected chi connectivity index (χ3v) is 9.84. The fourth-order valence-electron chi connectivity index (χ4n) is 6.44. The summed E-state index contributed by atoms with van der Waals surface area (Å²) >= 11 is 0. The van der Waals surface area contributed by atoms with E-state index in [1.165, 1.54) is 148 Å². The molecule has 0 aliphatic heterocycles. The van der Waals surface area contributed by atoms with Gasteiger partial charge in [0.15, 0.2) is 0 Å². The highest BCUT2D eigenvalue weighted by molar-refractivity contribution is 5.76. The molecule has 5 heteroatoms. The molecule has 0 aliphatic carbocycles. The number of unbranched alkanes of at least 4 members (excludes halogenated alkanes) is 24. The van der Waals surface area contributed by atoms with Gasteiger partial charge in [0.25, 0.3) is 0 Å². The summed E-state index contributed by atoms with van der Waals surface area (Å²) in [5.74, 6) is -0.331. The van der Waals surface area contributed by atoms with Gasteiger partial charge in [-0.2, -0.15) is 0 Å². The molecule has 3 unspecified atom stereocenters. The monoisotopic (exact) mass is 716 g/mol. The summed E-state index contributed by atoms with van der Waals surface area (Å²) in [5.41, 5.74) is 0. The Morgan fingerprint density at radius 2 is 0.902 bits per heavy atom. The lowest BCUT2D eigenvalue weighted by molar-refractivity contribution is -0.124. The topological polar surface area (TPSA) is 89.8 Å². The van der Waals surface area contributed by atoms with Crippen LogP contribution in [0.5, 0.6) is 0 Å². The van der Waals surface area contributed by atoms with E-state index in [0.717, 1.165) is 38.5 Å². The number of nitrogens with one attached hydrogen (secondary N) is 1. The maximum Gasteiger partial charge on any atom is 0.222 e. The minimum absolute atomic E-state index is 0.00284. The van der Waals surface area contributed by atoms with Gasteiger partial charge < -0.3 is 20.6 Å². The fraction of sp³-hybridized carbons (Fsp3) is 0.804. The minimum atomic E-state index is -0.950. The van der Waals surface area contributed by atoms with Crippen LogP contribution in [0.4, 0.5) is 0 Å².